The molecule has 1 N–H and O–H groups in total. The molecule has 0 amide bonds. The number of benzene rings is 1. The number of hydrogen-bond donors (Lipinski definition) is 1. The Balaban J connectivity index is 0.00000144. The zero-order valence-corrected chi connectivity index (χ0v) is 12.9. The standard InChI is InChI=1S/C13H17NO2.Y/c1-14-8-7-12(16-10-9-15)13(14)11-5-3-2-4-6-11;/h2-6,9,13,15H,7-8,10H2,1H3;/q-2;/t13-;/m0./s1. The molecule has 3 nitrogen and oxygen atoms in total. The van der Waals surface area contributed by atoms with Gasteiger partial charge in [-0.15, -0.1) is 6.42 Å². The van der Waals surface area contributed by atoms with E-state index in [1.807, 2.05) is 18.2 Å². The summed E-state index contributed by atoms with van der Waals surface area (Å²) in [5, 5.41) is 8.67. The van der Waals surface area contributed by atoms with Gasteiger partial charge in [0.05, 0.1) is 0 Å². The molecule has 1 aliphatic rings. The number of likely N-dealkylation sites (tertiary alicyclic amines) is 1. The Kier molecular flexibility index (Phi) is 6.82. The summed E-state index contributed by atoms with van der Waals surface area (Å²) in [5.41, 5.74) is 1.25. The summed E-state index contributed by atoms with van der Waals surface area (Å²) in [6.07, 6.45) is 1.98. The predicted molar refractivity (Wildman–Crippen MR) is 61.9 cm³/mol. The molecule has 0 aromatic heterocycles. The normalized spacial score (nSPS) is 21.4. The van der Waals surface area contributed by atoms with Crippen molar-refractivity contribution >= 4 is 0 Å². The second kappa shape index (κ2) is 7.60. The first kappa shape index (κ1) is 15.3. The molecular weight excluding hydrogens is 291 g/mol. The Bertz CT molecular complexity index is 320. The van der Waals surface area contributed by atoms with Gasteiger partial charge in [0.2, 0.25) is 0 Å². The number of nitrogens with zero attached hydrogens (tertiary/aromatic N) is 1. The van der Waals surface area contributed by atoms with E-state index in [1.165, 1.54) is 5.56 Å². The van der Waals surface area contributed by atoms with Crippen LogP contribution in [0.5, 0.6) is 0 Å². The zero-order valence-electron chi connectivity index (χ0n) is 10.0. The van der Waals surface area contributed by atoms with Crippen LogP contribution in [0.3, 0.4) is 0 Å². The maximum Gasteiger partial charge on any atom is 0 e. The summed E-state index contributed by atoms with van der Waals surface area (Å²) in [7, 11) is 2.09. The largest absolute Gasteiger partial charge is 0.571 e. The quantitative estimate of drug-likeness (QED) is 0.865. The van der Waals surface area contributed by atoms with Crippen molar-refractivity contribution in [3.8, 4) is 0 Å². The van der Waals surface area contributed by atoms with Gasteiger partial charge in [0.15, 0.2) is 0 Å². The first-order valence-electron chi connectivity index (χ1n) is 5.52. The molecule has 1 aromatic rings. The van der Waals surface area contributed by atoms with E-state index in [0.29, 0.717) is 0 Å². The van der Waals surface area contributed by atoms with Gasteiger partial charge >= 0.3 is 0 Å². The van der Waals surface area contributed by atoms with Crippen molar-refractivity contribution in [3.63, 3.8) is 0 Å². The van der Waals surface area contributed by atoms with Gasteiger partial charge in [-0.25, -0.2) is 0 Å². The van der Waals surface area contributed by atoms with Crippen LogP contribution in [0.25, 0.3) is 0 Å². The predicted octanol–water partition coefficient (Wildman–Crippen LogP) is 2.14. The van der Waals surface area contributed by atoms with Crippen molar-refractivity contribution in [3.05, 3.63) is 48.6 Å². The van der Waals surface area contributed by atoms with E-state index in [-0.39, 0.29) is 45.4 Å². The summed E-state index contributed by atoms with van der Waals surface area (Å²) in [6.45, 7) is 2.32. The van der Waals surface area contributed by atoms with Crippen molar-refractivity contribution in [1.82, 2.24) is 4.90 Å². The van der Waals surface area contributed by atoms with Gasteiger partial charge in [0, 0.05) is 32.7 Å². The Morgan fingerprint density at radius 2 is 2.18 bits per heavy atom. The Hall–Kier alpha value is 0.204. The molecule has 2 rings (SSSR count). The van der Waals surface area contributed by atoms with Gasteiger partial charge in [-0.3, -0.25) is 0 Å². The number of aliphatic hydroxyl groups is 1. The molecule has 1 aliphatic heterocycles. The van der Waals surface area contributed by atoms with Crippen LogP contribution < -0.4 is 0 Å². The fraction of sp³-hybridized carbons (Fsp3) is 0.385. The minimum atomic E-state index is 0. The van der Waals surface area contributed by atoms with Crippen LogP contribution in [-0.2, 0) is 37.4 Å². The maximum atomic E-state index is 8.67. The van der Waals surface area contributed by atoms with Crippen LogP contribution >= 0.6 is 0 Å². The van der Waals surface area contributed by atoms with Crippen LogP contribution in [0.2, 0.25) is 0 Å². The number of ether oxygens (including phenoxy) is 1. The second-order valence-electron chi connectivity index (χ2n) is 4.00. The Morgan fingerprint density at radius 1 is 1.47 bits per heavy atom. The van der Waals surface area contributed by atoms with Crippen molar-refractivity contribution in [2.45, 2.75) is 12.5 Å². The van der Waals surface area contributed by atoms with Crippen LogP contribution in [0.15, 0.2) is 30.3 Å². The smallest absolute Gasteiger partial charge is 0 e. The number of likely N-dealkylation sites (N-methyl/N-ethyl adjacent to an activating group) is 1. The molecular formula is C13H17NO2Y-2. The number of hydrogen-bond acceptors (Lipinski definition) is 3. The topological polar surface area (TPSA) is 32.7 Å². The van der Waals surface area contributed by atoms with E-state index in [1.54, 1.807) is 0 Å². The molecule has 1 aromatic carbocycles. The maximum absolute atomic E-state index is 8.67. The first-order chi connectivity index (χ1) is 7.83. The molecule has 1 radical (unpaired) electrons. The van der Waals surface area contributed by atoms with Gasteiger partial charge in [-0.05, 0) is 13.6 Å². The second-order valence-corrected chi connectivity index (χ2v) is 4.00. The fourth-order valence-corrected chi connectivity index (χ4v) is 2.17. The van der Waals surface area contributed by atoms with Gasteiger partial charge in [-0.2, -0.15) is 12.7 Å². The van der Waals surface area contributed by atoms with Gasteiger partial charge < -0.3 is 14.7 Å². The van der Waals surface area contributed by atoms with E-state index in [2.05, 4.69) is 24.1 Å². The average molecular weight is 308 g/mol. The average Bonchev–Trinajstić information content (AvgIpc) is 2.69. The van der Waals surface area contributed by atoms with Crippen LogP contribution in [-0.4, -0.2) is 30.2 Å². The fourth-order valence-electron chi connectivity index (χ4n) is 2.17. The first-order valence-corrected chi connectivity index (χ1v) is 5.52. The third-order valence-corrected chi connectivity index (χ3v) is 2.92. The van der Waals surface area contributed by atoms with E-state index in [0.717, 1.165) is 25.7 Å². The number of aliphatic hydroxyl groups excluding tert-OH is 1. The summed E-state index contributed by atoms with van der Waals surface area (Å²) < 4.78 is 5.56. The van der Waals surface area contributed by atoms with E-state index in [4.69, 9.17) is 9.84 Å². The summed E-state index contributed by atoms with van der Waals surface area (Å²) in [5.74, 6) is 0. The molecule has 4 heteroatoms. The van der Waals surface area contributed by atoms with Crippen molar-refractivity contribution in [2.75, 3.05) is 20.2 Å². The van der Waals surface area contributed by atoms with E-state index in [9.17, 15) is 0 Å². The molecule has 0 bridgehead atoms. The molecule has 0 spiro atoms. The summed E-state index contributed by atoms with van der Waals surface area (Å²) in [4.78, 5) is 2.27. The minimum Gasteiger partial charge on any atom is -0.571 e. The molecule has 1 saturated heterocycles. The Morgan fingerprint density at radius 3 is 2.82 bits per heavy atom. The third kappa shape index (κ3) is 3.83. The summed E-state index contributed by atoms with van der Waals surface area (Å²) >= 11 is 0. The number of rotatable bonds is 4. The third-order valence-electron chi connectivity index (χ3n) is 2.92. The molecule has 91 valence electrons. The molecule has 1 atom stereocenters. The van der Waals surface area contributed by atoms with E-state index >= 15 is 0 Å². The van der Waals surface area contributed by atoms with Gasteiger partial charge in [-0.1, -0.05) is 48.5 Å². The molecule has 0 unspecified atom stereocenters. The van der Waals surface area contributed by atoms with E-state index < -0.39 is 0 Å². The molecule has 0 aliphatic carbocycles. The van der Waals surface area contributed by atoms with Crippen molar-refractivity contribution in [2.24, 2.45) is 0 Å². The molecule has 1 heterocycles. The molecule has 17 heavy (non-hydrogen) atoms. The SMILES string of the molecule is CN1CC[C-](OC[CH-]O)[C@@H]1c1ccccc1.[Y]. The van der Waals surface area contributed by atoms with Crippen LogP contribution in [0.1, 0.15) is 18.0 Å². The van der Waals surface area contributed by atoms with Crippen molar-refractivity contribution < 1.29 is 42.6 Å². The van der Waals surface area contributed by atoms with Crippen LogP contribution in [0.4, 0.5) is 0 Å². The van der Waals surface area contributed by atoms with Crippen molar-refractivity contribution in [1.29, 1.82) is 0 Å². The van der Waals surface area contributed by atoms with Gasteiger partial charge in [0.25, 0.3) is 0 Å². The summed E-state index contributed by atoms with van der Waals surface area (Å²) in [6, 6.07) is 10.5. The van der Waals surface area contributed by atoms with Crippen LogP contribution in [0, 0.1) is 12.7 Å². The monoisotopic (exact) mass is 308 g/mol. The minimum absolute atomic E-state index is 0. The Labute approximate surface area is 128 Å². The molecule has 1 fully saturated rings. The molecule has 0 saturated carbocycles. The van der Waals surface area contributed by atoms with Gasteiger partial charge in [0.1, 0.15) is 0 Å². The zero-order chi connectivity index (χ0) is 11.4.